The molecule has 3 N–H and O–H groups in total. The quantitative estimate of drug-likeness (QED) is 0.420. The van der Waals surface area contributed by atoms with Crippen LogP contribution in [0.4, 0.5) is 0 Å². The van der Waals surface area contributed by atoms with E-state index in [1.807, 2.05) is 31.3 Å². The number of sulfonamides is 1. The Labute approximate surface area is 188 Å². The van der Waals surface area contributed by atoms with Crippen LogP contribution < -0.4 is 15.4 Å². The number of rotatable bonds is 8. The number of nitrogens with one attached hydrogen (secondary N) is 3. The molecule has 1 heterocycles. The fourth-order valence-corrected chi connectivity index (χ4v) is 5.66. The third-order valence-corrected chi connectivity index (χ3v) is 8.11. The standard InChI is InChI=1S/C23H39N5O2S/c1-24-22(26-17-20-9-11-21(12-10-20)18-31(29,30)25-2)27-19-23(13-5-3-6-14-23)28-15-7-4-8-16-28/h9-12,25H,3-8,13-19H2,1-2H3,(H2,24,26,27). The van der Waals surface area contributed by atoms with Crippen LogP contribution in [0.15, 0.2) is 29.3 Å². The molecule has 0 spiro atoms. The summed E-state index contributed by atoms with van der Waals surface area (Å²) in [5, 5.41) is 7.02. The summed E-state index contributed by atoms with van der Waals surface area (Å²) in [4.78, 5) is 7.17. The van der Waals surface area contributed by atoms with Crippen molar-refractivity contribution >= 4 is 16.0 Å². The third-order valence-electron chi connectivity index (χ3n) is 6.77. The van der Waals surface area contributed by atoms with E-state index < -0.39 is 10.0 Å². The van der Waals surface area contributed by atoms with Gasteiger partial charge in [0.2, 0.25) is 10.0 Å². The molecule has 1 aliphatic heterocycles. The number of guanidine groups is 1. The van der Waals surface area contributed by atoms with Gasteiger partial charge in [0.05, 0.1) is 5.75 Å². The molecule has 0 unspecified atom stereocenters. The maximum absolute atomic E-state index is 11.7. The van der Waals surface area contributed by atoms with Crippen molar-refractivity contribution in [2.45, 2.75) is 69.2 Å². The summed E-state index contributed by atoms with van der Waals surface area (Å²) in [5.41, 5.74) is 2.13. The predicted octanol–water partition coefficient (Wildman–Crippen LogP) is 2.59. The fourth-order valence-electron chi connectivity index (χ4n) is 4.88. The molecule has 1 aromatic carbocycles. The fraction of sp³-hybridized carbons (Fsp3) is 0.696. The van der Waals surface area contributed by atoms with Gasteiger partial charge in [-0.1, -0.05) is 49.9 Å². The van der Waals surface area contributed by atoms with Crippen molar-refractivity contribution in [3.63, 3.8) is 0 Å². The van der Waals surface area contributed by atoms with Crippen molar-refractivity contribution in [2.24, 2.45) is 4.99 Å². The Hall–Kier alpha value is -1.64. The lowest BCUT2D eigenvalue weighted by atomic mass is 9.79. The minimum absolute atomic E-state index is 0.000977. The van der Waals surface area contributed by atoms with Gasteiger partial charge in [-0.25, -0.2) is 13.1 Å². The highest BCUT2D eigenvalue weighted by Gasteiger charge is 2.38. The van der Waals surface area contributed by atoms with Gasteiger partial charge in [0.1, 0.15) is 0 Å². The number of piperidine rings is 1. The molecular weight excluding hydrogens is 410 g/mol. The summed E-state index contributed by atoms with van der Waals surface area (Å²) in [6.07, 6.45) is 10.5. The van der Waals surface area contributed by atoms with Crippen molar-refractivity contribution in [2.75, 3.05) is 33.7 Å². The first-order valence-electron chi connectivity index (χ1n) is 11.6. The van der Waals surface area contributed by atoms with Gasteiger partial charge in [-0.3, -0.25) is 9.89 Å². The third kappa shape index (κ3) is 6.92. The average molecular weight is 450 g/mol. The molecule has 7 nitrogen and oxygen atoms in total. The van der Waals surface area contributed by atoms with E-state index >= 15 is 0 Å². The highest BCUT2D eigenvalue weighted by Crippen LogP contribution is 2.35. The zero-order valence-electron chi connectivity index (χ0n) is 19.1. The lowest BCUT2D eigenvalue weighted by Crippen LogP contribution is -2.59. The van der Waals surface area contributed by atoms with E-state index in [0.29, 0.717) is 6.54 Å². The molecule has 31 heavy (non-hydrogen) atoms. The van der Waals surface area contributed by atoms with E-state index in [2.05, 4.69) is 25.2 Å². The van der Waals surface area contributed by atoms with Gasteiger partial charge in [-0.2, -0.15) is 0 Å². The topological polar surface area (TPSA) is 85.8 Å². The smallest absolute Gasteiger partial charge is 0.215 e. The molecule has 1 saturated carbocycles. The molecular formula is C23H39N5O2S. The molecule has 2 aliphatic rings. The van der Waals surface area contributed by atoms with E-state index in [9.17, 15) is 8.42 Å². The van der Waals surface area contributed by atoms with Crippen molar-refractivity contribution in [1.29, 1.82) is 0 Å². The molecule has 1 saturated heterocycles. The summed E-state index contributed by atoms with van der Waals surface area (Å²) in [5.74, 6) is 0.822. The minimum Gasteiger partial charge on any atom is -0.355 e. The van der Waals surface area contributed by atoms with Crippen LogP contribution in [-0.2, 0) is 22.3 Å². The largest absolute Gasteiger partial charge is 0.355 e. The molecule has 174 valence electrons. The van der Waals surface area contributed by atoms with Crippen LogP contribution in [0.2, 0.25) is 0 Å². The van der Waals surface area contributed by atoms with Gasteiger partial charge in [-0.05, 0) is 56.9 Å². The van der Waals surface area contributed by atoms with Gasteiger partial charge in [0.25, 0.3) is 0 Å². The molecule has 0 amide bonds. The predicted molar refractivity (Wildman–Crippen MR) is 128 cm³/mol. The molecule has 1 aromatic rings. The van der Waals surface area contributed by atoms with Crippen molar-refractivity contribution < 1.29 is 8.42 Å². The monoisotopic (exact) mass is 449 g/mol. The van der Waals surface area contributed by atoms with Crippen LogP contribution in [0.25, 0.3) is 0 Å². The highest BCUT2D eigenvalue weighted by molar-refractivity contribution is 7.88. The van der Waals surface area contributed by atoms with Gasteiger partial charge >= 0.3 is 0 Å². The number of benzene rings is 1. The molecule has 0 radical (unpaired) electrons. The number of nitrogens with zero attached hydrogens (tertiary/aromatic N) is 2. The van der Waals surface area contributed by atoms with E-state index in [-0.39, 0.29) is 11.3 Å². The molecule has 0 aromatic heterocycles. The number of likely N-dealkylation sites (tertiary alicyclic amines) is 1. The van der Waals surface area contributed by atoms with Crippen molar-refractivity contribution in [1.82, 2.24) is 20.3 Å². The Morgan fingerprint density at radius 3 is 2.19 bits per heavy atom. The van der Waals surface area contributed by atoms with Gasteiger partial charge in [0, 0.05) is 25.7 Å². The summed E-state index contributed by atoms with van der Waals surface area (Å²) in [6, 6.07) is 7.68. The van der Waals surface area contributed by atoms with Gasteiger partial charge in [-0.15, -0.1) is 0 Å². The number of hydrogen-bond acceptors (Lipinski definition) is 4. The number of hydrogen-bond donors (Lipinski definition) is 3. The van der Waals surface area contributed by atoms with E-state index in [1.165, 1.54) is 71.5 Å². The Morgan fingerprint density at radius 2 is 1.58 bits per heavy atom. The highest BCUT2D eigenvalue weighted by atomic mass is 32.2. The summed E-state index contributed by atoms with van der Waals surface area (Å²) in [7, 11) is 0.00719. The first-order chi connectivity index (χ1) is 15.0. The van der Waals surface area contributed by atoms with E-state index in [0.717, 1.165) is 23.6 Å². The second-order valence-electron chi connectivity index (χ2n) is 8.89. The molecule has 1 aliphatic carbocycles. The Bertz CT molecular complexity index is 811. The molecule has 0 atom stereocenters. The SMILES string of the molecule is CN=C(NCc1ccc(CS(=O)(=O)NC)cc1)NCC1(N2CCCCC2)CCCCC1. The van der Waals surface area contributed by atoms with Crippen LogP contribution in [0.5, 0.6) is 0 Å². The maximum atomic E-state index is 11.7. The lowest BCUT2D eigenvalue weighted by Gasteiger charge is -2.48. The summed E-state index contributed by atoms with van der Waals surface area (Å²) < 4.78 is 25.8. The van der Waals surface area contributed by atoms with Crippen LogP contribution in [0.1, 0.15) is 62.5 Å². The first-order valence-corrected chi connectivity index (χ1v) is 13.3. The van der Waals surface area contributed by atoms with Crippen LogP contribution in [-0.4, -0.2) is 58.5 Å². The number of aliphatic imine (C=N–C) groups is 1. The van der Waals surface area contributed by atoms with Crippen LogP contribution in [0, 0.1) is 0 Å². The summed E-state index contributed by atoms with van der Waals surface area (Å²) in [6.45, 7) is 4.04. The molecule has 3 rings (SSSR count). The second-order valence-corrected chi connectivity index (χ2v) is 10.8. The average Bonchev–Trinajstić information content (AvgIpc) is 2.81. The lowest BCUT2D eigenvalue weighted by molar-refractivity contribution is 0.0368. The van der Waals surface area contributed by atoms with Crippen LogP contribution in [0.3, 0.4) is 0 Å². The Balaban J connectivity index is 1.54. The van der Waals surface area contributed by atoms with Gasteiger partial charge < -0.3 is 10.6 Å². The van der Waals surface area contributed by atoms with Crippen LogP contribution >= 0.6 is 0 Å². The Kier molecular flexibility index (Phi) is 8.75. The molecule has 8 heteroatoms. The summed E-state index contributed by atoms with van der Waals surface area (Å²) >= 11 is 0. The zero-order valence-corrected chi connectivity index (χ0v) is 19.9. The normalized spacial score (nSPS) is 20.4. The second kappa shape index (κ2) is 11.3. The Morgan fingerprint density at radius 1 is 0.968 bits per heavy atom. The van der Waals surface area contributed by atoms with E-state index in [1.54, 1.807) is 0 Å². The van der Waals surface area contributed by atoms with Gasteiger partial charge in [0.15, 0.2) is 5.96 Å². The van der Waals surface area contributed by atoms with Crippen molar-refractivity contribution in [3.05, 3.63) is 35.4 Å². The first kappa shape index (κ1) is 24.0. The molecule has 2 fully saturated rings. The minimum atomic E-state index is -3.25. The van der Waals surface area contributed by atoms with Crippen molar-refractivity contribution in [3.8, 4) is 0 Å². The zero-order chi connectivity index (χ0) is 22.2. The van der Waals surface area contributed by atoms with E-state index in [4.69, 9.17) is 0 Å². The maximum Gasteiger partial charge on any atom is 0.215 e. The molecule has 0 bridgehead atoms.